The summed E-state index contributed by atoms with van der Waals surface area (Å²) < 4.78 is 0. The smallest absolute Gasteiger partial charge is 0.277 e. The lowest BCUT2D eigenvalue weighted by atomic mass is 10.1. The first-order chi connectivity index (χ1) is 11.3. The molecular weight excluding hydrogens is 308 g/mol. The van der Waals surface area contributed by atoms with Gasteiger partial charge in [0.25, 0.3) is 5.91 Å². The lowest BCUT2D eigenvalue weighted by Crippen LogP contribution is -2.11. The van der Waals surface area contributed by atoms with E-state index < -0.39 is 0 Å². The number of aromatic nitrogens is 3. The van der Waals surface area contributed by atoms with Crippen LogP contribution in [0.25, 0.3) is 0 Å². The number of benzene rings is 1. The van der Waals surface area contributed by atoms with Gasteiger partial charge in [-0.25, -0.2) is 4.98 Å². The zero-order valence-electron chi connectivity index (χ0n) is 12.5. The molecule has 2 aromatic heterocycles. The van der Waals surface area contributed by atoms with Crippen molar-refractivity contribution in [1.82, 2.24) is 15.2 Å². The summed E-state index contributed by atoms with van der Waals surface area (Å²) in [5, 5.41) is 10.5. The summed E-state index contributed by atoms with van der Waals surface area (Å²) in [6.45, 7) is 0. The fourth-order valence-corrected chi connectivity index (χ4v) is 3.30. The summed E-state index contributed by atoms with van der Waals surface area (Å²) in [6, 6.07) is 12.1. The Hall–Kier alpha value is -2.47. The number of hydrogen-bond donors (Lipinski definition) is 2. The van der Waals surface area contributed by atoms with Gasteiger partial charge in [-0.3, -0.25) is 15.2 Å². The van der Waals surface area contributed by atoms with Gasteiger partial charge in [0, 0.05) is 29.1 Å². The van der Waals surface area contributed by atoms with Gasteiger partial charge >= 0.3 is 0 Å². The molecule has 23 heavy (non-hydrogen) atoms. The summed E-state index contributed by atoms with van der Waals surface area (Å²) in [6.07, 6.45) is 4.99. The summed E-state index contributed by atoms with van der Waals surface area (Å²) in [7, 11) is 0. The fraction of sp³-hybridized carbons (Fsp3) is 0.235. The van der Waals surface area contributed by atoms with Gasteiger partial charge in [-0.05, 0) is 24.5 Å². The lowest BCUT2D eigenvalue weighted by Gasteiger charge is -1.98. The molecule has 116 valence electrons. The highest BCUT2D eigenvalue weighted by atomic mass is 32.1. The zero-order chi connectivity index (χ0) is 15.6. The highest BCUT2D eigenvalue weighted by molar-refractivity contribution is 7.15. The molecule has 1 saturated carbocycles. The molecule has 1 aliphatic rings. The Kier molecular flexibility index (Phi) is 3.67. The van der Waals surface area contributed by atoms with Crippen LogP contribution in [0.4, 0.5) is 5.13 Å². The van der Waals surface area contributed by atoms with Crippen molar-refractivity contribution in [2.24, 2.45) is 0 Å². The summed E-state index contributed by atoms with van der Waals surface area (Å²) in [5.74, 6) is 0.343. The molecule has 1 aliphatic carbocycles. The number of thiazole rings is 1. The Bertz CT molecular complexity index is 820. The van der Waals surface area contributed by atoms with E-state index in [0.29, 0.717) is 16.7 Å². The molecule has 0 bridgehead atoms. The second-order valence-electron chi connectivity index (χ2n) is 5.73. The lowest BCUT2D eigenvalue weighted by molar-refractivity contribution is 0.102. The zero-order valence-corrected chi connectivity index (χ0v) is 13.3. The number of H-pyrrole nitrogens is 1. The topological polar surface area (TPSA) is 70.7 Å². The molecule has 1 aromatic carbocycles. The quantitative estimate of drug-likeness (QED) is 0.753. The van der Waals surface area contributed by atoms with Crippen LogP contribution >= 0.6 is 11.3 Å². The summed E-state index contributed by atoms with van der Waals surface area (Å²) in [5.41, 5.74) is 2.71. The maximum Gasteiger partial charge on any atom is 0.277 e. The Balaban J connectivity index is 1.41. The van der Waals surface area contributed by atoms with E-state index in [0.717, 1.165) is 17.0 Å². The molecule has 1 amide bonds. The van der Waals surface area contributed by atoms with Crippen molar-refractivity contribution in [3.8, 4) is 0 Å². The van der Waals surface area contributed by atoms with Crippen molar-refractivity contribution < 1.29 is 4.79 Å². The minimum atomic E-state index is -0.214. The average Bonchev–Trinajstić information content (AvgIpc) is 3.13. The monoisotopic (exact) mass is 324 g/mol. The summed E-state index contributed by atoms with van der Waals surface area (Å²) >= 11 is 1.50. The normalized spacial score (nSPS) is 13.9. The number of hydrogen-bond acceptors (Lipinski definition) is 4. The van der Waals surface area contributed by atoms with Crippen LogP contribution in [0.1, 0.15) is 45.4 Å². The Labute approximate surface area is 137 Å². The minimum Gasteiger partial charge on any atom is -0.296 e. The molecule has 1 fully saturated rings. The van der Waals surface area contributed by atoms with Gasteiger partial charge in [0.15, 0.2) is 10.8 Å². The van der Waals surface area contributed by atoms with Gasteiger partial charge in [0.05, 0.1) is 0 Å². The van der Waals surface area contributed by atoms with E-state index in [-0.39, 0.29) is 5.91 Å². The third-order valence-corrected chi connectivity index (χ3v) is 4.76. The molecule has 0 radical (unpaired) electrons. The number of carbonyl (C=O) groups is 1. The molecule has 2 N–H and O–H groups in total. The van der Waals surface area contributed by atoms with Crippen LogP contribution in [0.3, 0.4) is 0 Å². The molecule has 3 aromatic rings. The molecule has 6 heteroatoms. The van der Waals surface area contributed by atoms with Gasteiger partial charge < -0.3 is 0 Å². The number of nitrogens with one attached hydrogen (secondary N) is 2. The number of rotatable bonds is 5. The summed E-state index contributed by atoms with van der Waals surface area (Å²) in [4.78, 5) is 17.6. The van der Waals surface area contributed by atoms with E-state index in [1.807, 2.05) is 30.5 Å². The highest BCUT2D eigenvalue weighted by Crippen LogP contribution is 2.39. The van der Waals surface area contributed by atoms with Gasteiger partial charge in [-0.15, -0.1) is 11.3 Å². The van der Waals surface area contributed by atoms with Crippen LogP contribution in [0, 0.1) is 0 Å². The van der Waals surface area contributed by atoms with E-state index in [1.54, 1.807) is 0 Å². The number of amides is 1. The van der Waals surface area contributed by atoms with Crippen LogP contribution in [0.15, 0.2) is 42.6 Å². The van der Waals surface area contributed by atoms with E-state index in [1.165, 1.54) is 29.7 Å². The minimum absolute atomic E-state index is 0.214. The fourth-order valence-electron chi connectivity index (χ4n) is 2.46. The van der Waals surface area contributed by atoms with Crippen molar-refractivity contribution in [1.29, 1.82) is 0 Å². The Morgan fingerprint density at radius 2 is 2.13 bits per heavy atom. The molecule has 0 unspecified atom stereocenters. The molecule has 2 heterocycles. The predicted molar refractivity (Wildman–Crippen MR) is 89.9 cm³/mol. The van der Waals surface area contributed by atoms with Crippen LogP contribution in [-0.4, -0.2) is 21.1 Å². The number of nitrogens with zero attached hydrogens (tertiary/aromatic N) is 2. The first-order valence-corrected chi connectivity index (χ1v) is 8.45. The third-order valence-electron chi connectivity index (χ3n) is 3.84. The molecular formula is C17H16N4OS. The first kappa shape index (κ1) is 14.1. The largest absolute Gasteiger partial charge is 0.296 e. The maximum absolute atomic E-state index is 12.2. The van der Waals surface area contributed by atoms with Crippen LogP contribution in [0.5, 0.6) is 0 Å². The second-order valence-corrected chi connectivity index (χ2v) is 6.85. The van der Waals surface area contributed by atoms with Gasteiger partial charge in [0.1, 0.15) is 0 Å². The van der Waals surface area contributed by atoms with Crippen molar-refractivity contribution in [2.45, 2.75) is 25.2 Å². The van der Waals surface area contributed by atoms with Crippen LogP contribution in [-0.2, 0) is 6.42 Å². The van der Waals surface area contributed by atoms with Gasteiger partial charge in [-0.1, -0.05) is 30.3 Å². The predicted octanol–water partition coefficient (Wildman–Crippen LogP) is 3.59. The van der Waals surface area contributed by atoms with Gasteiger partial charge in [-0.2, -0.15) is 5.10 Å². The molecule has 0 aliphatic heterocycles. The maximum atomic E-state index is 12.2. The van der Waals surface area contributed by atoms with Crippen molar-refractivity contribution in [2.75, 3.05) is 5.32 Å². The Morgan fingerprint density at radius 3 is 2.91 bits per heavy atom. The standard InChI is InChI=1S/C17H16N4OS/c22-16(15-9-14(20-21-15)12-6-7-12)19-17-18-10-13(23-17)8-11-4-2-1-3-5-11/h1-5,9-10,12H,6-8H2,(H,20,21)(H,18,19,22). The van der Waals surface area contributed by atoms with Crippen molar-refractivity contribution in [3.05, 3.63) is 64.4 Å². The molecule has 0 atom stereocenters. The van der Waals surface area contributed by atoms with Crippen LogP contribution < -0.4 is 5.32 Å². The molecule has 5 nitrogen and oxygen atoms in total. The van der Waals surface area contributed by atoms with Crippen LogP contribution in [0.2, 0.25) is 0 Å². The van der Waals surface area contributed by atoms with E-state index in [9.17, 15) is 4.79 Å². The average molecular weight is 324 g/mol. The second kappa shape index (κ2) is 5.96. The van der Waals surface area contributed by atoms with Crippen molar-refractivity contribution in [3.63, 3.8) is 0 Å². The molecule has 0 spiro atoms. The number of anilines is 1. The first-order valence-electron chi connectivity index (χ1n) is 7.63. The SMILES string of the molecule is O=C(Nc1ncc(Cc2ccccc2)s1)c1cc(C2CC2)[nH]n1. The highest BCUT2D eigenvalue weighted by Gasteiger charge is 2.26. The molecule has 0 saturated heterocycles. The van der Waals surface area contributed by atoms with E-state index in [4.69, 9.17) is 0 Å². The number of aromatic amines is 1. The Morgan fingerprint density at radius 1 is 1.30 bits per heavy atom. The van der Waals surface area contributed by atoms with E-state index >= 15 is 0 Å². The van der Waals surface area contributed by atoms with Gasteiger partial charge in [0.2, 0.25) is 0 Å². The van der Waals surface area contributed by atoms with Crippen molar-refractivity contribution >= 4 is 22.4 Å². The van der Waals surface area contributed by atoms with E-state index in [2.05, 4.69) is 32.6 Å². The third kappa shape index (κ3) is 3.32. The number of carbonyl (C=O) groups excluding carboxylic acids is 1. The molecule has 4 rings (SSSR count).